The Morgan fingerprint density at radius 1 is 1.12 bits per heavy atom. The van der Waals surface area contributed by atoms with E-state index >= 15 is 0 Å². The number of nitrogens with one attached hydrogen (secondary N) is 1. The van der Waals surface area contributed by atoms with Gasteiger partial charge in [-0.05, 0) is 54.7 Å². The lowest BCUT2D eigenvalue weighted by Gasteiger charge is -2.38. The molecular weight excluding hydrogens is 416 g/mol. The van der Waals surface area contributed by atoms with Gasteiger partial charge < -0.3 is 19.7 Å². The molecule has 2 aromatic carbocycles. The molecule has 33 heavy (non-hydrogen) atoms. The molecule has 1 fully saturated rings. The van der Waals surface area contributed by atoms with E-state index in [4.69, 9.17) is 9.47 Å². The Hall–Kier alpha value is -3.12. The average molecular weight is 449 g/mol. The third-order valence-electron chi connectivity index (χ3n) is 6.70. The van der Waals surface area contributed by atoms with E-state index in [1.165, 1.54) is 12.5 Å². The van der Waals surface area contributed by atoms with Crippen LogP contribution in [0.5, 0.6) is 5.75 Å². The van der Waals surface area contributed by atoms with Crippen molar-refractivity contribution in [3.8, 4) is 5.75 Å². The van der Waals surface area contributed by atoms with Crippen molar-refractivity contribution in [1.29, 1.82) is 0 Å². The van der Waals surface area contributed by atoms with Gasteiger partial charge in [0.1, 0.15) is 5.75 Å². The smallest absolute Gasteiger partial charge is 0.223 e. The fourth-order valence-corrected chi connectivity index (χ4v) is 4.83. The first-order valence-corrected chi connectivity index (χ1v) is 11.7. The zero-order valence-electron chi connectivity index (χ0n) is 19.4. The highest BCUT2D eigenvalue weighted by molar-refractivity contribution is 5.81. The summed E-state index contributed by atoms with van der Waals surface area (Å²) in [6, 6.07) is 15.8. The van der Waals surface area contributed by atoms with E-state index in [9.17, 15) is 9.59 Å². The van der Waals surface area contributed by atoms with Gasteiger partial charge in [-0.15, -0.1) is 0 Å². The lowest BCUT2D eigenvalue weighted by Crippen LogP contribution is -2.45. The summed E-state index contributed by atoms with van der Waals surface area (Å²) in [4.78, 5) is 27.0. The molecular formula is C27H32N2O4. The molecule has 0 saturated carbocycles. The molecule has 2 amide bonds. The van der Waals surface area contributed by atoms with Gasteiger partial charge in [0.25, 0.3) is 0 Å². The van der Waals surface area contributed by atoms with E-state index in [-0.39, 0.29) is 29.7 Å². The molecule has 6 nitrogen and oxygen atoms in total. The van der Waals surface area contributed by atoms with Crippen LogP contribution in [0.1, 0.15) is 55.8 Å². The van der Waals surface area contributed by atoms with Crippen LogP contribution >= 0.6 is 0 Å². The van der Waals surface area contributed by atoms with E-state index < -0.39 is 0 Å². The van der Waals surface area contributed by atoms with E-state index in [0.29, 0.717) is 26.4 Å². The highest BCUT2D eigenvalue weighted by Crippen LogP contribution is 2.36. The van der Waals surface area contributed by atoms with Crippen LogP contribution in [0, 0.1) is 0 Å². The van der Waals surface area contributed by atoms with Gasteiger partial charge in [0, 0.05) is 38.3 Å². The van der Waals surface area contributed by atoms with Crippen molar-refractivity contribution in [2.24, 2.45) is 0 Å². The van der Waals surface area contributed by atoms with Gasteiger partial charge in [0.2, 0.25) is 11.8 Å². The second kappa shape index (κ2) is 10.2. The summed E-state index contributed by atoms with van der Waals surface area (Å²) in [7, 11) is 0. The first kappa shape index (κ1) is 23.1. The molecule has 0 spiro atoms. The maximum Gasteiger partial charge on any atom is 0.223 e. The summed E-state index contributed by atoms with van der Waals surface area (Å²) in [5.74, 6) is 0.711. The van der Waals surface area contributed by atoms with E-state index in [2.05, 4.69) is 17.4 Å². The van der Waals surface area contributed by atoms with Crippen molar-refractivity contribution < 1.29 is 19.1 Å². The van der Waals surface area contributed by atoms with Crippen molar-refractivity contribution in [1.82, 2.24) is 10.2 Å². The molecule has 1 saturated heterocycles. The van der Waals surface area contributed by atoms with Crippen LogP contribution in [-0.2, 0) is 19.7 Å². The molecule has 0 aromatic heterocycles. The topological polar surface area (TPSA) is 67.9 Å². The van der Waals surface area contributed by atoms with Gasteiger partial charge in [-0.2, -0.15) is 0 Å². The van der Waals surface area contributed by atoms with Crippen LogP contribution in [0.3, 0.4) is 0 Å². The Labute approximate surface area is 195 Å². The first-order valence-electron chi connectivity index (χ1n) is 11.7. The predicted molar refractivity (Wildman–Crippen MR) is 128 cm³/mol. The van der Waals surface area contributed by atoms with E-state index in [0.717, 1.165) is 29.7 Å². The quantitative estimate of drug-likeness (QED) is 0.689. The fraction of sp³-hybridized carbons (Fsp3) is 0.407. The first-order chi connectivity index (χ1) is 16.0. The lowest BCUT2D eigenvalue weighted by molar-refractivity contribution is -0.130. The highest BCUT2D eigenvalue weighted by atomic mass is 16.5. The second-order valence-corrected chi connectivity index (χ2v) is 8.72. The number of ether oxygens (including phenoxy) is 2. The zero-order chi connectivity index (χ0) is 23.3. The molecule has 2 aromatic rings. The molecule has 2 heterocycles. The van der Waals surface area contributed by atoms with Gasteiger partial charge in [0.15, 0.2) is 0 Å². The number of amides is 2. The summed E-state index contributed by atoms with van der Waals surface area (Å²) < 4.78 is 11.2. The highest BCUT2D eigenvalue weighted by Gasteiger charge is 2.35. The van der Waals surface area contributed by atoms with Gasteiger partial charge >= 0.3 is 0 Å². The minimum absolute atomic E-state index is 0.0619. The van der Waals surface area contributed by atoms with Crippen LogP contribution < -0.4 is 10.1 Å². The normalized spacial score (nSPS) is 19.0. The van der Waals surface area contributed by atoms with Gasteiger partial charge in [-0.3, -0.25) is 9.59 Å². The molecule has 1 atom stereocenters. The number of fused-ring (bicyclic) bond motifs is 1. The van der Waals surface area contributed by atoms with Crippen molar-refractivity contribution in [2.45, 2.75) is 44.6 Å². The van der Waals surface area contributed by atoms with Crippen molar-refractivity contribution in [2.75, 3.05) is 26.4 Å². The molecule has 6 heteroatoms. The van der Waals surface area contributed by atoms with Gasteiger partial charge in [-0.1, -0.05) is 36.4 Å². The summed E-state index contributed by atoms with van der Waals surface area (Å²) in [6.45, 7) is 6.01. The molecule has 0 aliphatic carbocycles. The second-order valence-electron chi connectivity index (χ2n) is 8.72. The maximum atomic E-state index is 13.1. The molecule has 1 N–H and O–H groups in total. The lowest BCUT2D eigenvalue weighted by atomic mass is 9.74. The van der Waals surface area contributed by atoms with E-state index in [1.807, 2.05) is 49.4 Å². The SMILES string of the molecule is CCOc1ccc(C2(CNC(=O)CC3c4ccccc4C=CN3C(C)=O)CCOCC2)cc1. The Morgan fingerprint density at radius 3 is 2.55 bits per heavy atom. The Bertz CT molecular complexity index is 1010. The summed E-state index contributed by atoms with van der Waals surface area (Å²) in [5.41, 5.74) is 3.05. The number of carbonyl (C=O) groups is 2. The number of nitrogens with zero attached hydrogens (tertiary/aromatic N) is 1. The number of benzene rings is 2. The van der Waals surface area contributed by atoms with Crippen molar-refractivity contribution in [3.05, 3.63) is 71.4 Å². The Kier molecular flexibility index (Phi) is 7.14. The molecule has 0 radical (unpaired) electrons. The van der Waals surface area contributed by atoms with Crippen molar-refractivity contribution in [3.63, 3.8) is 0 Å². The summed E-state index contributed by atoms with van der Waals surface area (Å²) in [5, 5.41) is 3.18. The number of carbonyl (C=O) groups excluding carboxylic acids is 2. The van der Waals surface area contributed by atoms with Crippen molar-refractivity contribution >= 4 is 17.9 Å². The molecule has 2 aliphatic rings. The van der Waals surface area contributed by atoms with Crippen LogP contribution in [0.4, 0.5) is 0 Å². The van der Waals surface area contributed by atoms with E-state index in [1.54, 1.807) is 11.1 Å². The molecule has 174 valence electrons. The monoisotopic (exact) mass is 448 g/mol. The van der Waals surface area contributed by atoms with Gasteiger partial charge in [-0.25, -0.2) is 0 Å². The third kappa shape index (κ3) is 5.11. The number of hydrogen-bond donors (Lipinski definition) is 1. The Morgan fingerprint density at radius 2 is 1.85 bits per heavy atom. The number of hydrogen-bond acceptors (Lipinski definition) is 4. The zero-order valence-corrected chi connectivity index (χ0v) is 19.4. The fourth-order valence-electron chi connectivity index (χ4n) is 4.83. The van der Waals surface area contributed by atoms with Crippen LogP contribution in [0.2, 0.25) is 0 Å². The van der Waals surface area contributed by atoms with Crippen LogP contribution in [0.25, 0.3) is 6.08 Å². The van der Waals surface area contributed by atoms with Gasteiger partial charge in [0.05, 0.1) is 19.1 Å². The molecule has 2 aliphatic heterocycles. The minimum Gasteiger partial charge on any atom is -0.494 e. The molecule has 4 rings (SSSR count). The molecule has 1 unspecified atom stereocenters. The molecule has 0 bridgehead atoms. The standard InChI is InChI=1S/C27H32N2O4/c1-3-33-23-10-8-22(9-11-23)27(13-16-32-17-14-27)19-28-26(31)18-25-24-7-5-4-6-21(24)12-15-29(25)20(2)30/h4-12,15,25H,3,13-14,16-19H2,1-2H3,(H,28,31). The average Bonchev–Trinajstić information content (AvgIpc) is 2.84. The minimum atomic E-state index is -0.306. The third-order valence-corrected chi connectivity index (χ3v) is 6.70. The maximum absolute atomic E-state index is 13.1. The van der Waals surface area contributed by atoms with Crippen LogP contribution in [-0.4, -0.2) is 43.1 Å². The predicted octanol–water partition coefficient (Wildman–Crippen LogP) is 4.21. The largest absolute Gasteiger partial charge is 0.494 e. The summed E-state index contributed by atoms with van der Waals surface area (Å²) >= 11 is 0. The Balaban J connectivity index is 1.48. The summed E-state index contributed by atoms with van der Waals surface area (Å²) in [6.07, 6.45) is 5.61. The van der Waals surface area contributed by atoms with Crippen LogP contribution in [0.15, 0.2) is 54.7 Å². The number of rotatable bonds is 7.